The van der Waals surface area contributed by atoms with Crippen LogP contribution in [0.2, 0.25) is 0 Å². The Bertz CT molecular complexity index is 486. The monoisotopic (exact) mass is 481 g/mol. The third-order valence-electron chi connectivity index (χ3n) is 4.16. The van der Waals surface area contributed by atoms with Crippen LogP contribution in [0.5, 0.6) is 0 Å². The van der Waals surface area contributed by atoms with Gasteiger partial charge in [-0.2, -0.15) is 0 Å². The predicted octanol–water partition coefficient (Wildman–Crippen LogP) is 1.02. The molecule has 0 radical (unpaired) electrons. The largest absolute Gasteiger partial charge is 0.377 e. The quantitative estimate of drug-likeness (QED) is 0.154. The van der Waals surface area contributed by atoms with Crippen LogP contribution in [0, 0.1) is 0 Å². The van der Waals surface area contributed by atoms with Crippen LogP contribution < -0.4 is 16.0 Å². The Labute approximate surface area is 194 Å². The molecule has 0 aromatic rings. The number of nitrogens with one attached hydrogen (secondary N) is 3. The second-order valence-corrected chi connectivity index (χ2v) is 9.35. The van der Waals surface area contributed by atoms with Gasteiger partial charge in [-0.15, -0.1) is 0 Å². The number of ketones is 1. The predicted molar refractivity (Wildman–Crippen MR) is 126 cm³/mol. The van der Waals surface area contributed by atoms with E-state index < -0.39 is 0 Å². The number of likely N-dealkylation sites (N-methyl/N-ethyl adjacent to an activating group) is 1. The molecule has 0 saturated carbocycles. The topological polar surface area (TPSA) is 115 Å². The molecule has 11 heteroatoms. The number of hydrogen-bond acceptors (Lipinski definition) is 9. The van der Waals surface area contributed by atoms with E-state index in [1.807, 2.05) is 6.26 Å². The second kappa shape index (κ2) is 22.3. The molecule has 0 aliphatic carbocycles. The van der Waals surface area contributed by atoms with Crippen LogP contribution in [-0.4, -0.2) is 95.4 Å². The molecule has 0 rings (SSSR count). The highest BCUT2D eigenvalue weighted by molar-refractivity contribution is 8.76. The van der Waals surface area contributed by atoms with E-state index >= 15 is 0 Å². The van der Waals surface area contributed by atoms with Gasteiger partial charge < -0.3 is 30.2 Å². The van der Waals surface area contributed by atoms with Crippen molar-refractivity contribution in [3.05, 3.63) is 0 Å². The molecule has 0 heterocycles. The highest BCUT2D eigenvalue weighted by atomic mass is 33.1. The number of carbonyl (C=O) groups is 3. The second-order valence-electron chi connectivity index (χ2n) is 6.66. The van der Waals surface area contributed by atoms with Gasteiger partial charge in [0, 0.05) is 25.3 Å². The summed E-state index contributed by atoms with van der Waals surface area (Å²) in [6, 6.07) is -0.107. The summed E-state index contributed by atoms with van der Waals surface area (Å²) in [5.74, 6) is 0.826. The van der Waals surface area contributed by atoms with E-state index in [0.717, 1.165) is 25.0 Å². The molecule has 182 valence electrons. The van der Waals surface area contributed by atoms with Gasteiger partial charge in [0.25, 0.3) is 0 Å². The Hall–Kier alpha value is -0.850. The Balaban J connectivity index is 3.33. The number of hydrogen-bond donors (Lipinski definition) is 3. The molecule has 9 nitrogen and oxygen atoms in total. The van der Waals surface area contributed by atoms with Crippen LogP contribution in [0.4, 0.5) is 0 Å². The first kappa shape index (κ1) is 30.1. The number of unbranched alkanes of at least 4 members (excludes halogenated alkanes) is 1. The standard InChI is InChI=1S/C20H39N3O6S2/c1-17(24)18(21-2)6-4-5-8-22-20(26)16-29-14-13-28-12-11-27-10-9-23-19(25)7-15-31-30-3/h18,21H,4-16H2,1-3H3,(H,22,26)(H,23,25). The van der Waals surface area contributed by atoms with Crippen LogP contribution in [-0.2, 0) is 28.6 Å². The fourth-order valence-corrected chi connectivity index (χ4v) is 3.66. The van der Waals surface area contributed by atoms with Gasteiger partial charge in [0.2, 0.25) is 11.8 Å². The van der Waals surface area contributed by atoms with Gasteiger partial charge in [-0.3, -0.25) is 14.4 Å². The van der Waals surface area contributed by atoms with E-state index in [9.17, 15) is 14.4 Å². The molecule has 0 aromatic heterocycles. The smallest absolute Gasteiger partial charge is 0.245 e. The van der Waals surface area contributed by atoms with Gasteiger partial charge in [0.15, 0.2) is 0 Å². The zero-order valence-corrected chi connectivity index (χ0v) is 20.7. The maximum atomic E-state index is 11.7. The van der Waals surface area contributed by atoms with Crippen LogP contribution in [0.25, 0.3) is 0 Å². The highest BCUT2D eigenvalue weighted by Crippen LogP contribution is 2.16. The molecule has 0 aliphatic rings. The van der Waals surface area contributed by atoms with Gasteiger partial charge in [-0.05, 0) is 39.5 Å². The molecule has 0 saturated heterocycles. The van der Waals surface area contributed by atoms with Crippen LogP contribution in [0.3, 0.4) is 0 Å². The Morgan fingerprint density at radius 1 is 0.871 bits per heavy atom. The summed E-state index contributed by atoms with van der Waals surface area (Å²) in [4.78, 5) is 34.4. The normalized spacial score (nSPS) is 11.8. The van der Waals surface area contributed by atoms with E-state index in [2.05, 4.69) is 16.0 Å². The van der Waals surface area contributed by atoms with E-state index in [4.69, 9.17) is 14.2 Å². The van der Waals surface area contributed by atoms with Gasteiger partial charge >= 0.3 is 0 Å². The number of ether oxygens (including phenoxy) is 3. The molecular formula is C20H39N3O6S2. The SMILES string of the molecule is CNC(CCCCNC(=O)COCCOCCOCCNC(=O)CCSSC)C(C)=O. The van der Waals surface area contributed by atoms with E-state index in [-0.39, 0.29) is 30.2 Å². The fraction of sp³-hybridized carbons (Fsp3) is 0.850. The third-order valence-corrected chi connectivity index (χ3v) is 5.97. The van der Waals surface area contributed by atoms with Crippen LogP contribution in [0.15, 0.2) is 0 Å². The highest BCUT2D eigenvalue weighted by Gasteiger charge is 2.10. The molecule has 0 spiro atoms. The van der Waals surface area contributed by atoms with Crippen molar-refractivity contribution in [2.45, 2.75) is 38.6 Å². The summed E-state index contributed by atoms with van der Waals surface area (Å²) < 4.78 is 16.0. The minimum absolute atomic E-state index is 0.00158. The van der Waals surface area contributed by atoms with Crippen molar-refractivity contribution in [1.29, 1.82) is 0 Å². The Kier molecular flexibility index (Phi) is 21.7. The summed E-state index contributed by atoms with van der Waals surface area (Å²) in [6.45, 7) is 4.69. The molecule has 31 heavy (non-hydrogen) atoms. The zero-order chi connectivity index (χ0) is 23.2. The first-order valence-electron chi connectivity index (χ1n) is 10.6. The molecule has 2 amide bonds. The maximum Gasteiger partial charge on any atom is 0.245 e. The van der Waals surface area contributed by atoms with Crippen LogP contribution in [0.1, 0.15) is 32.6 Å². The van der Waals surface area contributed by atoms with Crippen molar-refractivity contribution in [2.75, 3.05) is 71.8 Å². The molecule has 1 unspecified atom stereocenters. The summed E-state index contributed by atoms with van der Waals surface area (Å²) in [6.07, 6.45) is 4.97. The van der Waals surface area contributed by atoms with Crippen molar-refractivity contribution in [1.82, 2.24) is 16.0 Å². The summed E-state index contributed by atoms with van der Waals surface area (Å²) in [7, 11) is 5.10. The summed E-state index contributed by atoms with van der Waals surface area (Å²) in [5, 5.41) is 8.58. The Morgan fingerprint density at radius 3 is 2.16 bits per heavy atom. The lowest BCUT2D eigenvalue weighted by Crippen LogP contribution is -2.32. The zero-order valence-electron chi connectivity index (χ0n) is 19.0. The van der Waals surface area contributed by atoms with Crippen molar-refractivity contribution in [3.8, 4) is 0 Å². The molecule has 0 aliphatic heterocycles. The lowest BCUT2D eigenvalue weighted by molar-refractivity contribution is -0.126. The molecule has 3 N–H and O–H groups in total. The molecule has 1 atom stereocenters. The molecule has 0 fully saturated rings. The van der Waals surface area contributed by atoms with Gasteiger partial charge in [0.05, 0.1) is 39.1 Å². The number of rotatable bonds is 22. The summed E-state index contributed by atoms with van der Waals surface area (Å²) >= 11 is 0. The first-order chi connectivity index (χ1) is 15.0. The average Bonchev–Trinajstić information content (AvgIpc) is 2.74. The summed E-state index contributed by atoms with van der Waals surface area (Å²) in [5.41, 5.74) is 0. The van der Waals surface area contributed by atoms with Crippen molar-refractivity contribution >= 4 is 39.2 Å². The van der Waals surface area contributed by atoms with Crippen molar-refractivity contribution < 1.29 is 28.6 Å². The number of Topliss-reactive ketones (excluding diaryl/α,β-unsaturated/α-hetero) is 1. The van der Waals surface area contributed by atoms with Crippen molar-refractivity contribution in [2.24, 2.45) is 0 Å². The first-order valence-corrected chi connectivity index (χ1v) is 13.3. The number of amides is 2. The maximum absolute atomic E-state index is 11.7. The van der Waals surface area contributed by atoms with Gasteiger partial charge in [-0.1, -0.05) is 21.6 Å². The van der Waals surface area contributed by atoms with Crippen molar-refractivity contribution in [3.63, 3.8) is 0 Å². The van der Waals surface area contributed by atoms with E-state index in [1.54, 1.807) is 35.6 Å². The lowest BCUT2D eigenvalue weighted by Gasteiger charge is -2.12. The fourth-order valence-electron chi connectivity index (χ4n) is 2.48. The molecule has 0 bridgehead atoms. The average molecular weight is 482 g/mol. The van der Waals surface area contributed by atoms with Gasteiger partial charge in [0.1, 0.15) is 12.4 Å². The third kappa shape index (κ3) is 20.8. The molecular weight excluding hydrogens is 442 g/mol. The molecule has 0 aromatic carbocycles. The van der Waals surface area contributed by atoms with Crippen LogP contribution >= 0.6 is 21.6 Å². The van der Waals surface area contributed by atoms with Gasteiger partial charge in [-0.25, -0.2) is 0 Å². The Morgan fingerprint density at radius 2 is 1.52 bits per heavy atom. The lowest BCUT2D eigenvalue weighted by atomic mass is 10.1. The number of carbonyl (C=O) groups excluding carboxylic acids is 3. The minimum atomic E-state index is -0.158. The van der Waals surface area contributed by atoms with E-state index in [1.165, 1.54) is 0 Å². The van der Waals surface area contributed by atoms with E-state index in [0.29, 0.717) is 52.5 Å². The minimum Gasteiger partial charge on any atom is -0.377 e.